The Morgan fingerprint density at radius 1 is 1.43 bits per heavy atom. The quantitative estimate of drug-likeness (QED) is 0.746. The Morgan fingerprint density at radius 2 is 2.14 bits per heavy atom. The zero-order valence-electron chi connectivity index (χ0n) is 12.3. The first-order valence-electron chi connectivity index (χ1n) is 6.42. The maximum Gasteiger partial charge on any atom is 0.328 e. The zero-order valence-corrected chi connectivity index (χ0v) is 13.0. The maximum atomic E-state index is 10.5. The Kier molecular flexibility index (Phi) is 7.05. The summed E-state index contributed by atoms with van der Waals surface area (Å²) < 4.78 is 16.0. The smallest absolute Gasteiger partial charge is 0.328 e. The molecule has 1 atom stereocenters. The molecular weight excluding hydrogens is 296 g/mol. The summed E-state index contributed by atoms with van der Waals surface area (Å²) in [6.07, 6.45) is 3.11. The average Bonchev–Trinajstić information content (AvgIpc) is 2.45. The van der Waals surface area contributed by atoms with Crippen LogP contribution in [-0.4, -0.2) is 38.0 Å². The molecular formula is C15H19ClO5. The number of ether oxygens (including phenoxy) is 3. The van der Waals surface area contributed by atoms with Crippen LogP contribution in [0.2, 0.25) is 5.02 Å². The maximum absolute atomic E-state index is 10.5. The van der Waals surface area contributed by atoms with Crippen molar-refractivity contribution >= 4 is 23.6 Å². The van der Waals surface area contributed by atoms with Crippen LogP contribution < -0.4 is 9.47 Å². The van der Waals surface area contributed by atoms with Gasteiger partial charge < -0.3 is 19.3 Å². The van der Waals surface area contributed by atoms with E-state index in [9.17, 15) is 4.79 Å². The highest BCUT2D eigenvalue weighted by Crippen LogP contribution is 2.37. The molecule has 0 spiro atoms. The van der Waals surface area contributed by atoms with Crippen LogP contribution in [0.5, 0.6) is 11.5 Å². The number of aliphatic carboxylic acids is 1. The minimum absolute atomic E-state index is 0.0863. The molecule has 0 saturated carbocycles. The van der Waals surface area contributed by atoms with Gasteiger partial charge in [0.25, 0.3) is 0 Å². The number of carbonyl (C=O) groups is 1. The fraction of sp³-hybridized carbons (Fsp3) is 0.400. The second-order valence-corrected chi connectivity index (χ2v) is 4.82. The minimum Gasteiger partial charge on any atom is -0.493 e. The number of carboxylic acids is 1. The van der Waals surface area contributed by atoms with Crippen LogP contribution in [0.15, 0.2) is 18.2 Å². The van der Waals surface area contributed by atoms with Gasteiger partial charge >= 0.3 is 5.97 Å². The summed E-state index contributed by atoms with van der Waals surface area (Å²) in [5, 5.41) is 9.00. The lowest BCUT2D eigenvalue weighted by Crippen LogP contribution is -2.15. The van der Waals surface area contributed by atoms with Crippen LogP contribution in [0.4, 0.5) is 0 Å². The lowest BCUT2D eigenvalue weighted by atomic mass is 10.2. The van der Waals surface area contributed by atoms with Crippen molar-refractivity contribution in [2.24, 2.45) is 0 Å². The van der Waals surface area contributed by atoms with E-state index >= 15 is 0 Å². The largest absolute Gasteiger partial charge is 0.493 e. The normalized spacial score (nSPS) is 12.4. The topological polar surface area (TPSA) is 65.0 Å². The van der Waals surface area contributed by atoms with E-state index in [4.69, 9.17) is 30.9 Å². The van der Waals surface area contributed by atoms with E-state index in [2.05, 4.69) is 0 Å². The number of hydrogen-bond acceptors (Lipinski definition) is 4. The SMILES string of the molecule is COCCC(C)Oc1c(Cl)cc(/C=C/C(=O)O)cc1OC. The van der Waals surface area contributed by atoms with Crippen LogP contribution in [0, 0.1) is 0 Å². The molecule has 116 valence electrons. The van der Waals surface area contributed by atoms with E-state index in [1.165, 1.54) is 13.2 Å². The van der Waals surface area contributed by atoms with Crippen molar-refractivity contribution < 1.29 is 24.1 Å². The molecule has 0 fully saturated rings. The van der Waals surface area contributed by atoms with Crippen molar-refractivity contribution in [2.75, 3.05) is 20.8 Å². The van der Waals surface area contributed by atoms with E-state index in [0.29, 0.717) is 28.7 Å². The number of halogens is 1. The van der Waals surface area contributed by atoms with Gasteiger partial charge in [0.05, 0.1) is 18.2 Å². The Bertz CT molecular complexity index is 513. The Balaban J connectivity index is 2.97. The van der Waals surface area contributed by atoms with Gasteiger partial charge in [0.2, 0.25) is 0 Å². The fourth-order valence-corrected chi connectivity index (χ4v) is 1.93. The molecule has 1 N–H and O–H groups in total. The summed E-state index contributed by atoms with van der Waals surface area (Å²) in [5.41, 5.74) is 0.621. The van der Waals surface area contributed by atoms with Crippen molar-refractivity contribution in [2.45, 2.75) is 19.4 Å². The van der Waals surface area contributed by atoms with E-state index < -0.39 is 5.97 Å². The first-order valence-corrected chi connectivity index (χ1v) is 6.79. The highest BCUT2D eigenvalue weighted by atomic mass is 35.5. The molecule has 0 aliphatic rings. The van der Waals surface area contributed by atoms with Gasteiger partial charge in [-0.05, 0) is 30.7 Å². The van der Waals surface area contributed by atoms with Crippen LogP contribution in [0.3, 0.4) is 0 Å². The molecule has 0 heterocycles. The number of carboxylic acid groups (broad SMARTS) is 1. The van der Waals surface area contributed by atoms with Gasteiger partial charge in [0.15, 0.2) is 11.5 Å². The highest BCUT2D eigenvalue weighted by molar-refractivity contribution is 6.32. The van der Waals surface area contributed by atoms with Crippen LogP contribution in [0.25, 0.3) is 6.08 Å². The molecule has 0 aliphatic carbocycles. The third-order valence-electron chi connectivity index (χ3n) is 2.72. The predicted molar refractivity (Wildman–Crippen MR) is 81.3 cm³/mol. The first-order chi connectivity index (χ1) is 9.97. The summed E-state index contributed by atoms with van der Waals surface area (Å²) in [6, 6.07) is 3.30. The summed E-state index contributed by atoms with van der Waals surface area (Å²) >= 11 is 6.19. The molecule has 0 saturated heterocycles. The van der Waals surface area contributed by atoms with Gasteiger partial charge in [0, 0.05) is 26.2 Å². The van der Waals surface area contributed by atoms with Crippen LogP contribution in [0.1, 0.15) is 18.9 Å². The van der Waals surface area contributed by atoms with Gasteiger partial charge in [-0.25, -0.2) is 4.79 Å². The number of hydrogen-bond donors (Lipinski definition) is 1. The van der Waals surface area contributed by atoms with E-state index in [1.54, 1.807) is 19.2 Å². The molecule has 1 rings (SSSR count). The summed E-state index contributed by atoms with van der Waals surface area (Å²) in [5.74, 6) is -0.134. The van der Waals surface area contributed by atoms with Gasteiger partial charge in [-0.15, -0.1) is 0 Å². The lowest BCUT2D eigenvalue weighted by molar-refractivity contribution is -0.131. The Labute approximate surface area is 129 Å². The second-order valence-electron chi connectivity index (χ2n) is 4.42. The number of methoxy groups -OCH3 is 2. The van der Waals surface area contributed by atoms with Crippen molar-refractivity contribution in [1.29, 1.82) is 0 Å². The van der Waals surface area contributed by atoms with Crippen molar-refractivity contribution in [1.82, 2.24) is 0 Å². The van der Waals surface area contributed by atoms with Crippen molar-refractivity contribution in [3.8, 4) is 11.5 Å². The number of benzene rings is 1. The molecule has 1 unspecified atom stereocenters. The van der Waals surface area contributed by atoms with Crippen LogP contribution in [-0.2, 0) is 9.53 Å². The van der Waals surface area contributed by atoms with E-state index in [1.807, 2.05) is 6.92 Å². The number of rotatable bonds is 8. The highest BCUT2D eigenvalue weighted by Gasteiger charge is 2.14. The first kappa shape index (κ1) is 17.3. The third-order valence-corrected chi connectivity index (χ3v) is 3.00. The van der Waals surface area contributed by atoms with Gasteiger partial charge in [-0.3, -0.25) is 0 Å². The molecule has 21 heavy (non-hydrogen) atoms. The predicted octanol–water partition coefficient (Wildman–Crippen LogP) is 3.25. The molecule has 0 radical (unpaired) electrons. The van der Waals surface area contributed by atoms with Crippen molar-refractivity contribution in [3.63, 3.8) is 0 Å². The summed E-state index contributed by atoms with van der Waals surface area (Å²) in [6.45, 7) is 2.49. The van der Waals surface area contributed by atoms with Crippen molar-refractivity contribution in [3.05, 3.63) is 28.8 Å². The lowest BCUT2D eigenvalue weighted by Gasteiger charge is -2.18. The zero-order chi connectivity index (χ0) is 15.8. The molecule has 0 aromatic heterocycles. The molecule has 1 aromatic rings. The average molecular weight is 315 g/mol. The standard InChI is InChI=1S/C15H19ClO5/c1-10(6-7-19-2)21-15-12(16)8-11(4-5-14(17)18)9-13(15)20-3/h4-5,8-10H,6-7H2,1-3H3,(H,17,18)/b5-4+. The van der Waals surface area contributed by atoms with Gasteiger partial charge in [-0.2, -0.15) is 0 Å². The molecule has 0 aliphatic heterocycles. The minimum atomic E-state index is -1.03. The van der Waals surface area contributed by atoms with Gasteiger partial charge in [-0.1, -0.05) is 11.6 Å². The molecule has 6 heteroatoms. The summed E-state index contributed by atoms with van der Waals surface area (Å²) in [7, 11) is 3.13. The van der Waals surface area contributed by atoms with Crippen LogP contribution >= 0.6 is 11.6 Å². The monoisotopic (exact) mass is 314 g/mol. The Hall–Kier alpha value is -1.72. The Morgan fingerprint density at radius 3 is 2.71 bits per heavy atom. The summed E-state index contributed by atoms with van der Waals surface area (Å²) in [4.78, 5) is 10.5. The molecule has 1 aromatic carbocycles. The van der Waals surface area contributed by atoms with E-state index in [-0.39, 0.29) is 6.10 Å². The van der Waals surface area contributed by atoms with E-state index in [0.717, 1.165) is 12.5 Å². The second kappa shape index (κ2) is 8.54. The fourth-order valence-electron chi connectivity index (χ4n) is 1.66. The molecule has 0 amide bonds. The molecule has 5 nitrogen and oxygen atoms in total. The molecule has 0 bridgehead atoms. The van der Waals surface area contributed by atoms with Gasteiger partial charge in [0.1, 0.15) is 0 Å². The third kappa shape index (κ3) is 5.65.